The van der Waals surface area contributed by atoms with Crippen LogP contribution in [-0.4, -0.2) is 50.1 Å². The van der Waals surface area contributed by atoms with Gasteiger partial charge < -0.3 is 4.90 Å². The third-order valence-electron chi connectivity index (χ3n) is 4.04. The maximum atomic E-state index is 11.7. The van der Waals surface area contributed by atoms with Crippen LogP contribution in [0.15, 0.2) is 18.2 Å². The molecule has 22 heavy (non-hydrogen) atoms. The van der Waals surface area contributed by atoms with Gasteiger partial charge in [-0.05, 0) is 30.5 Å². The Morgan fingerprint density at radius 1 is 1.23 bits per heavy atom. The number of fused-ring (bicyclic) bond motifs is 1. The first-order valence-electron chi connectivity index (χ1n) is 7.57. The summed E-state index contributed by atoms with van der Waals surface area (Å²) in [5.41, 5.74) is 2.35. The van der Waals surface area contributed by atoms with Crippen molar-refractivity contribution in [1.82, 2.24) is 9.29 Å². The lowest BCUT2D eigenvalue weighted by Crippen LogP contribution is -2.34. The molecule has 0 radical (unpaired) electrons. The number of hydrogen-bond acceptors (Lipinski definition) is 5. The summed E-state index contributed by atoms with van der Waals surface area (Å²) in [6.07, 6.45) is 3.14. The number of benzene rings is 1. The molecule has 1 saturated heterocycles. The highest BCUT2D eigenvalue weighted by molar-refractivity contribution is 7.88. The lowest BCUT2D eigenvalue weighted by atomic mass is 10.2. The highest BCUT2D eigenvalue weighted by Gasteiger charge is 2.22. The Bertz CT molecular complexity index is 770. The van der Waals surface area contributed by atoms with Crippen LogP contribution in [0.5, 0.6) is 0 Å². The van der Waals surface area contributed by atoms with Gasteiger partial charge in [-0.25, -0.2) is 17.7 Å². The van der Waals surface area contributed by atoms with Gasteiger partial charge in [0.05, 0.1) is 16.5 Å². The minimum Gasteiger partial charge on any atom is -0.347 e. The van der Waals surface area contributed by atoms with Crippen LogP contribution in [0.25, 0.3) is 10.2 Å². The largest absolute Gasteiger partial charge is 0.347 e. The van der Waals surface area contributed by atoms with Crippen molar-refractivity contribution in [1.29, 1.82) is 0 Å². The zero-order valence-corrected chi connectivity index (χ0v) is 14.6. The van der Waals surface area contributed by atoms with Crippen molar-refractivity contribution in [2.45, 2.75) is 19.8 Å². The van der Waals surface area contributed by atoms with Crippen LogP contribution < -0.4 is 4.90 Å². The molecule has 1 aromatic carbocycles. The monoisotopic (exact) mass is 339 g/mol. The molecule has 2 heterocycles. The summed E-state index contributed by atoms with van der Waals surface area (Å²) in [4.78, 5) is 6.93. The molecule has 0 spiro atoms. The van der Waals surface area contributed by atoms with E-state index in [2.05, 4.69) is 30.0 Å². The van der Waals surface area contributed by atoms with E-state index in [4.69, 9.17) is 4.98 Å². The number of sulfonamides is 1. The summed E-state index contributed by atoms with van der Waals surface area (Å²) >= 11 is 1.70. The van der Waals surface area contributed by atoms with Crippen molar-refractivity contribution in [3.8, 4) is 0 Å². The normalized spacial score (nSPS) is 17.8. The van der Waals surface area contributed by atoms with Gasteiger partial charge in [-0.2, -0.15) is 0 Å². The summed E-state index contributed by atoms with van der Waals surface area (Å²) in [6.45, 7) is 4.84. The van der Waals surface area contributed by atoms with Crippen molar-refractivity contribution in [3.63, 3.8) is 0 Å². The Labute approximate surface area is 135 Å². The standard InChI is InChI=1S/C15H21N3O2S2/c1-3-12-5-6-13-14(11-12)21-15(16-13)17-7-4-8-18(10-9-17)22(2,19)20/h5-6,11H,3-4,7-10H2,1-2H3. The zero-order valence-electron chi connectivity index (χ0n) is 12.9. The third kappa shape index (κ3) is 3.26. The smallest absolute Gasteiger partial charge is 0.211 e. The average molecular weight is 339 g/mol. The summed E-state index contributed by atoms with van der Waals surface area (Å²) in [7, 11) is -3.10. The molecule has 0 bridgehead atoms. The summed E-state index contributed by atoms with van der Waals surface area (Å²) in [5.74, 6) is 0. The van der Waals surface area contributed by atoms with E-state index in [0.717, 1.165) is 30.0 Å². The van der Waals surface area contributed by atoms with E-state index in [1.54, 1.807) is 15.6 Å². The molecule has 0 unspecified atom stereocenters. The number of thiazole rings is 1. The first-order chi connectivity index (χ1) is 10.5. The quantitative estimate of drug-likeness (QED) is 0.861. The maximum Gasteiger partial charge on any atom is 0.211 e. The predicted octanol–water partition coefficient (Wildman–Crippen LogP) is 2.33. The topological polar surface area (TPSA) is 53.5 Å². The predicted molar refractivity (Wildman–Crippen MR) is 92.2 cm³/mol. The number of nitrogens with zero attached hydrogens (tertiary/aromatic N) is 3. The first-order valence-corrected chi connectivity index (χ1v) is 10.2. The van der Waals surface area contributed by atoms with Gasteiger partial charge in [0.2, 0.25) is 10.0 Å². The van der Waals surface area contributed by atoms with E-state index in [-0.39, 0.29) is 0 Å². The minimum atomic E-state index is -3.10. The molecule has 1 aliphatic heterocycles. The molecule has 120 valence electrons. The minimum absolute atomic E-state index is 0.537. The zero-order chi connectivity index (χ0) is 15.7. The van der Waals surface area contributed by atoms with Crippen LogP contribution in [0.2, 0.25) is 0 Å². The van der Waals surface area contributed by atoms with Gasteiger partial charge in [-0.3, -0.25) is 0 Å². The highest BCUT2D eigenvalue weighted by Crippen LogP contribution is 2.30. The number of anilines is 1. The summed E-state index contributed by atoms with van der Waals surface area (Å²) in [6, 6.07) is 6.41. The van der Waals surface area contributed by atoms with Crippen molar-refractivity contribution in [2.24, 2.45) is 0 Å². The molecule has 2 aromatic rings. The van der Waals surface area contributed by atoms with E-state index in [1.165, 1.54) is 16.5 Å². The Morgan fingerprint density at radius 2 is 2.05 bits per heavy atom. The van der Waals surface area contributed by atoms with Gasteiger partial charge in [0.15, 0.2) is 5.13 Å². The highest BCUT2D eigenvalue weighted by atomic mass is 32.2. The second kappa shape index (κ2) is 6.14. The fourth-order valence-electron chi connectivity index (χ4n) is 2.73. The van der Waals surface area contributed by atoms with Crippen LogP contribution in [0, 0.1) is 0 Å². The van der Waals surface area contributed by atoms with E-state index in [0.29, 0.717) is 19.6 Å². The van der Waals surface area contributed by atoms with Gasteiger partial charge in [0, 0.05) is 26.2 Å². The fourth-order valence-corrected chi connectivity index (χ4v) is 4.68. The Kier molecular flexibility index (Phi) is 4.38. The van der Waals surface area contributed by atoms with Gasteiger partial charge in [-0.1, -0.05) is 24.3 Å². The molecule has 1 aromatic heterocycles. The van der Waals surface area contributed by atoms with E-state index in [1.807, 2.05) is 0 Å². The average Bonchev–Trinajstić information content (AvgIpc) is 2.72. The van der Waals surface area contributed by atoms with E-state index >= 15 is 0 Å². The second-order valence-electron chi connectivity index (χ2n) is 5.65. The Hall–Kier alpha value is -1.18. The first kappa shape index (κ1) is 15.7. The lowest BCUT2D eigenvalue weighted by Gasteiger charge is -2.19. The van der Waals surface area contributed by atoms with Crippen molar-refractivity contribution in [3.05, 3.63) is 23.8 Å². The van der Waals surface area contributed by atoms with Crippen LogP contribution in [0.1, 0.15) is 18.9 Å². The molecular weight excluding hydrogens is 318 g/mol. The van der Waals surface area contributed by atoms with Crippen molar-refractivity contribution >= 4 is 36.7 Å². The second-order valence-corrected chi connectivity index (χ2v) is 8.65. The van der Waals surface area contributed by atoms with E-state index in [9.17, 15) is 8.42 Å². The van der Waals surface area contributed by atoms with Crippen LogP contribution in [-0.2, 0) is 16.4 Å². The Balaban J connectivity index is 1.82. The van der Waals surface area contributed by atoms with Crippen molar-refractivity contribution < 1.29 is 8.42 Å². The SMILES string of the molecule is CCc1ccc2nc(N3CCCN(S(C)(=O)=O)CC3)sc2c1. The third-order valence-corrected chi connectivity index (χ3v) is 6.43. The number of aryl methyl sites for hydroxylation is 1. The number of hydrogen-bond donors (Lipinski definition) is 0. The molecule has 3 rings (SSSR count). The fraction of sp³-hybridized carbons (Fsp3) is 0.533. The van der Waals surface area contributed by atoms with Crippen LogP contribution in [0.3, 0.4) is 0 Å². The molecule has 0 saturated carbocycles. The number of rotatable bonds is 3. The van der Waals surface area contributed by atoms with Gasteiger partial charge in [-0.15, -0.1) is 0 Å². The number of aromatic nitrogens is 1. The van der Waals surface area contributed by atoms with Crippen LogP contribution in [0.4, 0.5) is 5.13 Å². The molecule has 5 nitrogen and oxygen atoms in total. The summed E-state index contributed by atoms with van der Waals surface area (Å²) in [5, 5.41) is 0.999. The molecular formula is C15H21N3O2S2. The van der Waals surface area contributed by atoms with Crippen LogP contribution >= 0.6 is 11.3 Å². The molecule has 7 heteroatoms. The van der Waals surface area contributed by atoms with Gasteiger partial charge in [0.25, 0.3) is 0 Å². The molecule has 1 fully saturated rings. The molecule has 0 N–H and O–H groups in total. The van der Waals surface area contributed by atoms with Gasteiger partial charge >= 0.3 is 0 Å². The van der Waals surface area contributed by atoms with Crippen molar-refractivity contribution in [2.75, 3.05) is 37.3 Å². The molecule has 0 amide bonds. The lowest BCUT2D eigenvalue weighted by molar-refractivity contribution is 0.437. The molecule has 0 atom stereocenters. The maximum absolute atomic E-state index is 11.7. The summed E-state index contributed by atoms with van der Waals surface area (Å²) < 4.78 is 26.1. The Morgan fingerprint density at radius 3 is 2.77 bits per heavy atom. The molecule has 0 aliphatic carbocycles. The molecule has 1 aliphatic rings. The van der Waals surface area contributed by atoms with Gasteiger partial charge in [0.1, 0.15) is 0 Å². The van der Waals surface area contributed by atoms with E-state index < -0.39 is 10.0 Å².